The van der Waals surface area contributed by atoms with Gasteiger partial charge in [-0.3, -0.25) is 0 Å². The van der Waals surface area contributed by atoms with Gasteiger partial charge in [0.25, 0.3) is 0 Å². The lowest BCUT2D eigenvalue weighted by atomic mass is 9.36. The molecular weight excluding hydrogens is 248 g/mol. The molecule has 0 N–H and O–H groups in total. The van der Waals surface area contributed by atoms with Crippen LogP contribution in [0.2, 0.25) is 0 Å². The van der Waals surface area contributed by atoms with E-state index in [1.807, 2.05) is 44.2 Å². The van der Waals surface area contributed by atoms with Gasteiger partial charge in [0.2, 0.25) is 0 Å². The monoisotopic (exact) mass is 260 g/mol. The van der Waals surface area contributed by atoms with Crippen molar-refractivity contribution in [3.63, 3.8) is 0 Å². The zero-order valence-electron chi connectivity index (χ0n) is 11.3. The molecular formula is C16H12N4. The molecule has 0 aromatic carbocycles. The van der Waals surface area contributed by atoms with E-state index in [2.05, 4.69) is 6.08 Å². The van der Waals surface area contributed by atoms with Crippen molar-refractivity contribution < 1.29 is 0 Å². The first kappa shape index (κ1) is 12.5. The van der Waals surface area contributed by atoms with Gasteiger partial charge in [0.15, 0.2) is 10.8 Å². The van der Waals surface area contributed by atoms with Gasteiger partial charge < -0.3 is 0 Å². The minimum Gasteiger partial charge on any atom is -0.196 e. The molecule has 0 saturated heterocycles. The van der Waals surface area contributed by atoms with Crippen molar-refractivity contribution in [1.29, 1.82) is 21.0 Å². The third-order valence-electron chi connectivity index (χ3n) is 5.39. The van der Waals surface area contributed by atoms with E-state index in [0.717, 1.165) is 11.1 Å². The Morgan fingerprint density at radius 3 is 1.85 bits per heavy atom. The van der Waals surface area contributed by atoms with Gasteiger partial charge in [-0.2, -0.15) is 21.0 Å². The molecule has 4 heteroatoms. The van der Waals surface area contributed by atoms with Crippen LogP contribution in [-0.2, 0) is 0 Å². The SMILES string of the molecule is CC1=C[C@H]2[C@@H]1[C@H]1C=C(C)[C@H]2C(C#N)(C#N)C1(C#N)C#N. The van der Waals surface area contributed by atoms with E-state index in [0.29, 0.717) is 0 Å². The number of hydrogen-bond acceptors (Lipinski definition) is 4. The Balaban J connectivity index is 2.37. The molecule has 0 radical (unpaired) electrons. The number of nitriles is 4. The lowest BCUT2D eigenvalue weighted by molar-refractivity contribution is -0.00608. The molecule has 4 atom stereocenters. The van der Waals surface area contributed by atoms with E-state index in [1.54, 1.807) is 0 Å². The predicted molar refractivity (Wildman–Crippen MR) is 68.8 cm³/mol. The van der Waals surface area contributed by atoms with E-state index in [1.165, 1.54) is 0 Å². The van der Waals surface area contributed by atoms with Crippen LogP contribution in [0.25, 0.3) is 0 Å². The molecule has 96 valence electrons. The fourth-order valence-corrected chi connectivity index (χ4v) is 4.55. The number of rotatable bonds is 0. The average Bonchev–Trinajstić information content (AvgIpc) is 2.44. The van der Waals surface area contributed by atoms with Crippen molar-refractivity contribution in [2.45, 2.75) is 13.8 Å². The second-order valence-electron chi connectivity index (χ2n) is 5.99. The van der Waals surface area contributed by atoms with E-state index in [-0.39, 0.29) is 23.7 Å². The van der Waals surface area contributed by atoms with Gasteiger partial charge in [-0.25, -0.2) is 0 Å². The molecule has 4 aliphatic carbocycles. The lowest BCUT2D eigenvalue weighted by Gasteiger charge is -2.61. The van der Waals surface area contributed by atoms with Crippen molar-refractivity contribution in [3.8, 4) is 24.3 Å². The first-order chi connectivity index (χ1) is 9.52. The second-order valence-corrected chi connectivity index (χ2v) is 5.99. The molecule has 0 spiro atoms. The summed E-state index contributed by atoms with van der Waals surface area (Å²) < 4.78 is 0. The van der Waals surface area contributed by atoms with Crippen molar-refractivity contribution in [3.05, 3.63) is 23.3 Å². The van der Waals surface area contributed by atoms with Gasteiger partial charge in [0.1, 0.15) is 0 Å². The molecule has 0 heterocycles. The number of fused-ring (bicyclic) bond motifs is 1. The Hall–Kier alpha value is -2.56. The number of hydrogen-bond donors (Lipinski definition) is 0. The second kappa shape index (κ2) is 3.50. The topological polar surface area (TPSA) is 95.2 Å². The van der Waals surface area contributed by atoms with Crippen LogP contribution < -0.4 is 0 Å². The Morgan fingerprint density at radius 1 is 0.850 bits per heavy atom. The summed E-state index contributed by atoms with van der Waals surface area (Å²) in [5.74, 6) is -0.482. The molecule has 20 heavy (non-hydrogen) atoms. The van der Waals surface area contributed by atoms with Crippen molar-refractivity contribution in [2.24, 2.45) is 34.5 Å². The zero-order valence-corrected chi connectivity index (χ0v) is 11.3. The summed E-state index contributed by atoms with van der Waals surface area (Å²) in [4.78, 5) is 0. The van der Waals surface area contributed by atoms with Crippen molar-refractivity contribution in [1.82, 2.24) is 0 Å². The Bertz CT molecular complexity index is 700. The van der Waals surface area contributed by atoms with Crippen molar-refractivity contribution >= 4 is 0 Å². The summed E-state index contributed by atoms with van der Waals surface area (Å²) in [6.45, 7) is 3.89. The molecule has 0 unspecified atom stereocenters. The van der Waals surface area contributed by atoms with Gasteiger partial charge in [-0.1, -0.05) is 23.3 Å². The minimum atomic E-state index is -1.57. The summed E-state index contributed by atoms with van der Waals surface area (Å²) in [6.07, 6.45) is 4.03. The van der Waals surface area contributed by atoms with Crippen molar-refractivity contribution in [2.75, 3.05) is 0 Å². The third kappa shape index (κ3) is 0.943. The Labute approximate surface area is 117 Å². The molecule has 4 aliphatic rings. The van der Waals surface area contributed by atoms with Crippen LogP contribution >= 0.6 is 0 Å². The maximum atomic E-state index is 9.65. The van der Waals surface area contributed by atoms with Crippen LogP contribution in [0, 0.1) is 79.8 Å². The lowest BCUT2D eigenvalue weighted by Crippen LogP contribution is -2.63. The van der Waals surface area contributed by atoms with Gasteiger partial charge in [0, 0.05) is 11.8 Å². The third-order valence-corrected chi connectivity index (χ3v) is 5.39. The fourth-order valence-electron chi connectivity index (χ4n) is 4.55. The van der Waals surface area contributed by atoms with E-state index < -0.39 is 10.8 Å². The van der Waals surface area contributed by atoms with E-state index in [9.17, 15) is 21.0 Å². The van der Waals surface area contributed by atoms with Crippen LogP contribution in [0.1, 0.15) is 13.8 Å². The van der Waals surface area contributed by atoms with Crippen LogP contribution in [0.4, 0.5) is 0 Å². The summed E-state index contributed by atoms with van der Waals surface area (Å²) in [5.41, 5.74) is -1.02. The first-order valence-electron chi connectivity index (χ1n) is 6.54. The van der Waals surface area contributed by atoms with Gasteiger partial charge in [-0.15, -0.1) is 0 Å². The van der Waals surface area contributed by atoms with Crippen LogP contribution in [0.5, 0.6) is 0 Å². The summed E-state index contributed by atoms with van der Waals surface area (Å²) in [5, 5.41) is 38.6. The largest absolute Gasteiger partial charge is 0.196 e. The highest BCUT2D eigenvalue weighted by atomic mass is 14.7. The summed E-state index contributed by atoms with van der Waals surface area (Å²) in [6, 6.07) is 8.17. The summed E-state index contributed by atoms with van der Waals surface area (Å²) in [7, 11) is 0. The standard InChI is InChI=1S/C16H12N4/c1-9-3-11-13(9)12-4-10(2)14(11)16(7-19,8-20)15(12,5-17)6-18/h3-4,11-14H,1-2H3/t11-,12+,13+,14+/m0/s1. The molecule has 1 saturated carbocycles. The van der Waals surface area contributed by atoms with Gasteiger partial charge >= 0.3 is 0 Å². The maximum Gasteiger partial charge on any atom is 0.183 e. The average molecular weight is 260 g/mol. The number of allylic oxidation sites excluding steroid dienone is 4. The highest BCUT2D eigenvalue weighted by Crippen LogP contribution is 2.69. The minimum absolute atomic E-state index is 0.110. The number of nitrogens with zero attached hydrogens (tertiary/aromatic N) is 4. The van der Waals surface area contributed by atoms with E-state index in [4.69, 9.17) is 0 Å². The van der Waals surface area contributed by atoms with E-state index >= 15 is 0 Å². The Morgan fingerprint density at radius 2 is 1.40 bits per heavy atom. The predicted octanol–water partition coefficient (Wildman–Crippen LogP) is 2.45. The van der Waals surface area contributed by atoms with Crippen LogP contribution in [0.15, 0.2) is 23.3 Å². The van der Waals surface area contributed by atoms with Crippen LogP contribution in [-0.4, -0.2) is 0 Å². The molecule has 4 rings (SSSR count). The molecule has 0 aliphatic heterocycles. The molecule has 2 bridgehead atoms. The molecule has 0 aromatic rings. The highest BCUT2D eigenvalue weighted by molar-refractivity contribution is 5.52. The zero-order chi connectivity index (χ0) is 14.7. The van der Waals surface area contributed by atoms with Crippen LogP contribution in [0.3, 0.4) is 0 Å². The highest BCUT2D eigenvalue weighted by Gasteiger charge is 2.73. The van der Waals surface area contributed by atoms with Gasteiger partial charge in [0.05, 0.1) is 24.3 Å². The Kier molecular flexibility index (Phi) is 2.19. The first-order valence-corrected chi connectivity index (χ1v) is 6.54. The van der Waals surface area contributed by atoms with Gasteiger partial charge in [-0.05, 0) is 25.7 Å². The molecule has 0 aromatic heterocycles. The molecule has 0 amide bonds. The maximum absolute atomic E-state index is 9.65. The quantitative estimate of drug-likeness (QED) is 0.625. The molecule has 1 fully saturated rings. The normalized spacial score (nSPS) is 37.7. The summed E-state index contributed by atoms with van der Waals surface area (Å²) >= 11 is 0. The fraction of sp³-hybridized carbons (Fsp3) is 0.500. The smallest absolute Gasteiger partial charge is 0.183 e. The molecule has 4 nitrogen and oxygen atoms in total.